The van der Waals surface area contributed by atoms with Crippen LogP contribution in [0.4, 0.5) is 0 Å². The molecule has 0 fully saturated rings. The zero-order valence-electron chi connectivity index (χ0n) is 11.5. The fourth-order valence-electron chi connectivity index (χ4n) is 2.02. The molecule has 0 atom stereocenters. The summed E-state index contributed by atoms with van der Waals surface area (Å²) in [7, 11) is 0. The van der Waals surface area contributed by atoms with E-state index in [4.69, 9.17) is 9.15 Å². The molecule has 1 heterocycles. The molecule has 0 radical (unpaired) electrons. The van der Waals surface area contributed by atoms with Crippen molar-refractivity contribution in [2.24, 2.45) is 0 Å². The van der Waals surface area contributed by atoms with Crippen LogP contribution in [0, 0.1) is 0 Å². The van der Waals surface area contributed by atoms with Gasteiger partial charge in [0, 0.05) is 12.1 Å². The third-order valence-electron chi connectivity index (χ3n) is 3.09. The van der Waals surface area contributed by atoms with Crippen LogP contribution in [0.5, 0.6) is 23.0 Å². The van der Waals surface area contributed by atoms with E-state index < -0.39 is 17.1 Å². The molecule has 0 unspecified atom stereocenters. The van der Waals surface area contributed by atoms with Crippen LogP contribution in [0.3, 0.4) is 0 Å². The third kappa shape index (κ3) is 2.67. The highest BCUT2D eigenvalue weighted by Gasteiger charge is 2.17. The average molecular weight is 314 g/mol. The van der Waals surface area contributed by atoms with Gasteiger partial charge in [0.05, 0.1) is 0 Å². The summed E-state index contributed by atoms with van der Waals surface area (Å²) in [6.07, 6.45) is 0. The van der Waals surface area contributed by atoms with Gasteiger partial charge in [-0.05, 0) is 24.3 Å². The van der Waals surface area contributed by atoms with E-state index in [2.05, 4.69) is 0 Å². The Labute approximate surface area is 128 Å². The van der Waals surface area contributed by atoms with E-state index in [1.165, 1.54) is 24.3 Å². The quantitative estimate of drug-likeness (QED) is 0.377. The molecule has 7 heteroatoms. The van der Waals surface area contributed by atoms with Crippen LogP contribution < -0.4 is 10.2 Å². The van der Waals surface area contributed by atoms with Crippen LogP contribution in [0.25, 0.3) is 11.0 Å². The number of esters is 1. The van der Waals surface area contributed by atoms with E-state index in [1.54, 1.807) is 0 Å². The number of hydrogen-bond donors (Lipinski definition) is 3. The van der Waals surface area contributed by atoms with Crippen molar-refractivity contribution >= 4 is 16.9 Å². The van der Waals surface area contributed by atoms with Crippen molar-refractivity contribution in [3.63, 3.8) is 0 Å². The van der Waals surface area contributed by atoms with Crippen LogP contribution in [0.2, 0.25) is 0 Å². The smallest absolute Gasteiger partial charge is 0.379 e. The van der Waals surface area contributed by atoms with Crippen molar-refractivity contribution in [2.75, 3.05) is 0 Å². The monoisotopic (exact) mass is 314 g/mol. The van der Waals surface area contributed by atoms with Gasteiger partial charge in [-0.1, -0.05) is 6.07 Å². The summed E-state index contributed by atoms with van der Waals surface area (Å²) in [4.78, 5) is 24.0. The Balaban J connectivity index is 1.98. The first-order valence-corrected chi connectivity index (χ1v) is 6.45. The van der Waals surface area contributed by atoms with Crippen molar-refractivity contribution in [3.8, 4) is 23.0 Å². The van der Waals surface area contributed by atoms with Crippen LogP contribution in [0.1, 0.15) is 10.6 Å². The molecular weight excluding hydrogens is 304 g/mol. The maximum absolute atomic E-state index is 12.0. The molecule has 3 N–H and O–H groups in total. The van der Waals surface area contributed by atoms with Gasteiger partial charge in [-0.2, -0.15) is 0 Å². The molecule has 116 valence electrons. The van der Waals surface area contributed by atoms with E-state index >= 15 is 0 Å². The predicted octanol–water partition coefficient (Wildman–Crippen LogP) is 2.13. The fourth-order valence-corrected chi connectivity index (χ4v) is 2.02. The molecule has 1 aromatic heterocycles. The summed E-state index contributed by atoms with van der Waals surface area (Å²) in [5.74, 6) is -2.43. The molecule has 3 rings (SSSR count). The lowest BCUT2D eigenvalue weighted by atomic mass is 10.2. The van der Waals surface area contributed by atoms with Crippen molar-refractivity contribution in [1.29, 1.82) is 0 Å². The van der Waals surface area contributed by atoms with Gasteiger partial charge in [-0.3, -0.25) is 4.79 Å². The van der Waals surface area contributed by atoms with E-state index in [0.717, 1.165) is 18.2 Å². The Hall–Kier alpha value is -3.48. The first-order chi connectivity index (χ1) is 11.0. The van der Waals surface area contributed by atoms with Gasteiger partial charge in [-0.25, -0.2) is 4.79 Å². The van der Waals surface area contributed by atoms with Gasteiger partial charge in [0.15, 0.2) is 16.9 Å². The van der Waals surface area contributed by atoms with E-state index in [9.17, 15) is 24.9 Å². The summed E-state index contributed by atoms with van der Waals surface area (Å²) in [6, 6.07) is 8.58. The van der Waals surface area contributed by atoms with E-state index in [-0.39, 0.29) is 34.0 Å². The Morgan fingerprint density at radius 2 is 1.74 bits per heavy atom. The number of hydrogen-bond acceptors (Lipinski definition) is 7. The maximum atomic E-state index is 12.0. The number of rotatable bonds is 2. The minimum Gasteiger partial charge on any atom is -0.507 e. The van der Waals surface area contributed by atoms with Crippen molar-refractivity contribution in [2.45, 2.75) is 0 Å². The van der Waals surface area contributed by atoms with Gasteiger partial charge in [0.1, 0.15) is 22.5 Å². The standard InChI is InChI=1S/C16H10O7/c17-9-5-4-8(6-11(9)19)22-16(21)14-7-12(20)15-10(18)2-1-3-13(15)23-14/h1-7,17-19H. The van der Waals surface area contributed by atoms with Crippen LogP contribution in [-0.2, 0) is 0 Å². The van der Waals surface area contributed by atoms with Crippen molar-refractivity contribution in [1.82, 2.24) is 0 Å². The Morgan fingerprint density at radius 3 is 2.48 bits per heavy atom. The number of ether oxygens (including phenoxy) is 1. The lowest BCUT2D eigenvalue weighted by Crippen LogP contribution is -2.12. The minimum atomic E-state index is -0.961. The molecule has 23 heavy (non-hydrogen) atoms. The number of fused-ring (bicyclic) bond motifs is 1. The minimum absolute atomic E-state index is 0.0358. The van der Waals surface area contributed by atoms with Crippen molar-refractivity contribution < 1.29 is 29.3 Å². The number of benzene rings is 2. The molecule has 0 aliphatic carbocycles. The van der Waals surface area contributed by atoms with Crippen LogP contribution >= 0.6 is 0 Å². The highest BCUT2D eigenvalue weighted by Crippen LogP contribution is 2.29. The second kappa shape index (κ2) is 5.38. The number of aromatic hydroxyl groups is 3. The predicted molar refractivity (Wildman–Crippen MR) is 78.9 cm³/mol. The third-order valence-corrected chi connectivity index (χ3v) is 3.09. The summed E-state index contributed by atoms with van der Waals surface area (Å²) < 4.78 is 10.2. The molecule has 3 aromatic rings. The number of carbonyl (C=O) groups is 1. The van der Waals surface area contributed by atoms with Gasteiger partial charge >= 0.3 is 5.97 Å². The fraction of sp³-hybridized carbons (Fsp3) is 0. The van der Waals surface area contributed by atoms with Crippen molar-refractivity contribution in [3.05, 3.63) is 58.4 Å². The molecule has 0 aliphatic rings. The highest BCUT2D eigenvalue weighted by atomic mass is 16.5. The summed E-state index contributed by atoms with van der Waals surface area (Å²) in [5, 5.41) is 28.2. The average Bonchev–Trinajstić information content (AvgIpc) is 2.50. The second-order valence-electron chi connectivity index (χ2n) is 4.67. The van der Waals surface area contributed by atoms with Crippen LogP contribution in [-0.4, -0.2) is 21.3 Å². The molecule has 0 aliphatic heterocycles. The first kappa shape index (κ1) is 14.5. The summed E-state index contributed by atoms with van der Waals surface area (Å²) in [5.41, 5.74) is -0.553. The number of carbonyl (C=O) groups excluding carboxylic acids is 1. The molecule has 2 aromatic carbocycles. The zero-order chi connectivity index (χ0) is 16.6. The molecular formula is C16H10O7. The molecule has 7 nitrogen and oxygen atoms in total. The van der Waals surface area contributed by atoms with Gasteiger partial charge in [0.2, 0.25) is 5.76 Å². The first-order valence-electron chi connectivity index (χ1n) is 6.45. The number of phenols is 3. The Kier molecular flexibility index (Phi) is 3.38. The van der Waals surface area contributed by atoms with Gasteiger partial charge in [0.25, 0.3) is 0 Å². The SMILES string of the molecule is O=C(Oc1ccc(O)c(O)c1)c1cc(=O)c2c(O)cccc2o1. The molecule has 0 bridgehead atoms. The molecule has 0 saturated carbocycles. The summed E-state index contributed by atoms with van der Waals surface area (Å²) >= 11 is 0. The lowest BCUT2D eigenvalue weighted by Gasteiger charge is -2.06. The zero-order valence-corrected chi connectivity index (χ0v) is 11.5. The van der Waals surface area contributed by atoms with E-state index in [0.29, 0.717) is 0 Å². The topological polar surface area (TPSA) is 117 Å². The van der Waals surface area contributed by atoms with Gasteiger partial charge in [-0.15, -0.1) is 0 Å². The lowest BCUT2D eigenvalue weighted by molar-refractivity contribution is 0.0701. The summed E-state index contributed by atoms with van der Waals surface area (Å²) in [6.45, 7) is 0. The molecule has 0 saturated heterocycles. The Bertz CT molecular complexity index is 972. The Morgan fingerprint density at radius 1 is 0.957 bits per heavy atom. The number of phenolic OH excluding ortho intramolecular Hbond substituents is 3. The molecule has 0 amide bonds. The van der Waals surface area contributed by atoms with Crippen LogP contribution in [0.15, 0.2) is 51.7 Å². The molecule has 0 spiro atoms. The van der Waals surface area contributed by atoms with E-state index in [1.807, 2.05) is 0 Å². The van der Waals surface area contributed by atoms with Gasteiger partial charge < -0.3 is 24.5 Å². The highest BCUT2D eigenvalue weighted by molar-refractivity contribution is 5.91. The maximum Gasteiger partial charge on any atom is 0.379 e. The normalized spacial score (nSPS) is 10.6. The largest absolute Gasteiger partial charge is 0.507 e. The second-order valence-corrected chi connectivity index (χ2v) is 4.67.